The van der Waals surface area contributed by atoms with Crippen molar-refractivity contribution in [3.05, 3.63) is 47.9 Å². The standard InChI is InChI=1S/C13H10N4O/c18-13(9-4-2-1-3-5-9)17-12-11-10(6-7-14-11)15-8-16-12/h1-5,7-8H,6H2,(H,15,16,17,18). The molecule has 0 spiro atoms. The number of nitrogens with zero attached hydrogens (tertiary/aromatic N) is 3. The van der Waals surface area contributed by atoms with Crippen molar-refractivity contribution in [2.75, 3.05) is 5.32 Å². The molecular weight excluding hydrogens is 228 g/mol. The van der Waals surface area contributed by atoms with Crippen LogP contribution >= 0.6 is 0 Å². The number of hydrogen-bond acceptors (Lipinski definition) is 4. The lowest BCUT2D eigenvalue weighted by Gasteiger charge is -2.06. The highest BCUT2D eigenvalue weighted by Crippen LogP contribution is 2.29. The first-order valence-electron chi connectivity index (χ1n) is 5.57. The van der Waals surface area contributed by atoms with E-state index in [0.717, 1.165) is 5.69 Å². The summed E-state index contributed by atoms with van der Waals surface area (Å²) < 4.78 is 0. The number of aliphatic imine (C=N–C) groups is 1. The number of carbonyl (C=O) groups excluding carboxylic acids is 1. The first kappa shape index (κ1) is 10.6. The lowest BCUT2D eigenvalue weighted by Crippen LogP contribution is -2.13. The number of fused-ring (bicyclic) bond motifs is 1. The maximum absolute atomic E-state index is 12.0. The molecule has 0 atom stereocenters. The Morgan fingerprint density at radius 2 is 2.00 bits per heavy atom. The monoisotopic (exact) mass is 238 g/mol. The van der Waals surface area contributed by atoms with E-state index >= 15 is 0 Å². The molecule has 0 radical (unpaired) electrons. The number of anilines is 1. The summed E-state index contributed by atoms with van der Waals surface area (Å²) in [5, 5.41) is 2.75. The molecule has 1 aromatic heterocycles. The fourth-order valence-electron chi connectivity index (χ4n) is 1.78. The van der Waals surface area contributed by atoms with Crippen molar-refractivity contribution in [1.29, 1.82) is 0 Å². The highest BCUT2D eigenvalue weighted by atomic mass is 16.1. The largest absolute Gasteiger partial charge is 0.305 e. The zero-order valence-electron chi connectivity index (χ0n) is 9.50. The van der Waals surface area contributed by atoms with Gasteiger partial charge >= 0.3 is 0 Å². The number of aromatic nitrogens is 2. The van der Waals surface area contributed by atoms with Gasteiger partial charge in [0, 0.05) is 18.2 Å². The molecule has 1 aromatic carbocycles. The molecular formula is C13H10N4O. The summed E-state index contributed by atoms with van der Waals surface area (Å²) in [6, 6.07) is 9.00. The van der Waals surface area contributed by atoms with Gasteiger partial charge in [-0.25, -0.2) is 9.97 Å². The average Bonchev–Trinajstić information content (AvgIpc) is 2.89. The molecule has 2 aromatic rings. The van der Waals surface area contributed by atoms with Gasteiger partial charge < -0.3 is 5.32 Å². The summed E-state index contributed by atoms with van der Waals surface area (Å²) >= 11 is 0. The van der Waals surface area contributed by atoms with Gasteiger partial charge in [-0.1, -0.05) is 18.2 Å². The highest BCUT2D eigenvalue weighted by molar-refractivity contribution is 6.05. The predicted octanol–water partition coefficient (Wildman–Crippen LogP) is 1.99. The van der Waals surface area contributed by atoms with Crippen LogP contribution in [0.25, 0.3) is 0 Å². The van der Waals surface area contributed by atoms with Crippen LogP contribution in [0, 0.1) is 0 Å². The van der Waals surface area contributed by atoms with Gasteiger partial charge in [-0.15, -0.1) is 0 Å². The van der Waals surface area contributed by atoms with Gasteiger partial charge in [-0.2, -0.15) is 0 Å². The van der Waals surface area contributed by atoms with Gasteiger partial charge in [0.1, 0.15) is 12.0 Å². The van der Waals surface area contributed by atoms with Gasteiger partial charge in [-0.05, 0) is 12.1 Å². The number of rotatable bonds is 2. The minimum Gasteiger partial charge on any atom is -0.305 e. The van der Waals surface area contributed by atoms with Crippen LogP contribution in [0.5, 0.6) is 0 Å². The molecule has 2 heterocycles. The first-order chi connectivity index (χ1) is 8.84. The minimum atomic E-state index is -0.196. The van der Waals surface area contributed by atoms with E-state index in [2.05, 4.69) is 20.3 Å². The highest BCUT2D eigenvalue weighted by Gasteiger charge is 2.16. The van der Waals surface area contributed by atoms with E-state index in [1.165, 1.54) is 6.33 Å². The average molecular weight is 238 g/mol. The van der Waals surface area contributed by atoms with E-state index in [1.807, 2.05) is 18.2 Å². The zero-order valence-corrected chi connectivity index (χ0v) is 9.50. The van der Waals surface area contributed by atoms with Gasteiger partial charge in [0.2, 0.25) is 0 Å². The quantitative estimate of drug-likeness (QED) is 0.869. The van der Waals surface area contributed by atoms with Crippen molar-refractivity contribution in [3.8, 4) is 0 Å². The third kappa shape index (κ3) is 1.86. The Labute approximate surface area is 104 Å². The number of benzene rings is 1. The normalized spacial score (nSPS) is 12.2. The van der Waals surface area contributed by atoms with Gasteiger partial charge in [0.05, 0.1) is 5.69 Å². The Kier molecular flexibility index (Phi) is 2.57. The van der Waals surface area contributed by atoms with Crippen molar-refractivity contribution >= 4 is 23.6 Å². The summed E-state index contributed by atoms with van der Waals surface area (Å²) in [5.41, 5.74) is 2.09. The Hall–Kier alpha value is -2.56. The van der Waals surface area contributed by atoms with E-state index in [1.54, 1.807) is 18.3 Å². The van der Waals surface area contributed by atoms with Crippen molar-refractivity contribution in [2.45, 2.75) is 6.42 Å². The molecule has 1 aliphatic rings. The molecule has 18 heavy (non-hydrogen) atoms. The lowest BCUT2D eigenvalue weighted by atomic mass is 10.2. The smallest absolute Gasteiger partial charge is 0.256 e. The van der Waals surface area contributed by atoms with Gasteiger partial charge in [0.15, 0.2) is 5.82 Å². The van der Waals surface area contributed by atoms with Crippen LogP contribution in [0.1, 0.15) is 16.1 Å². The van der Waals surface area contributed by atoms with Crippen LogP contribution in [-0.2, 0) is 6.42 Å². The molecule has 3 rings (SSSR count). The van der Waals surface area contributed by atoms with E-state index in [4.69, 9.17) is 0 Å². The van der Waals surface area contributed by atoms with Crippen molar-refractivity contribution < 1.29 is 4.79 Å². The molecule has 1 aliphatic heterocycles. The van der Waals surface area contributed by atoms with Crippen LogP contribution in [0.15, 0.2) is 41.7 Å². The third-order valence-corrected chi connectivity index (χ3v) is 2.67. The van der Waals surface area contributed by atoms with E-state index in [-0.39, 0.29) is 5.91 Å². The minimum absolute atomic E-state index is 0.196. The number of hydrogen-bond donors (Lipinski definition) is 1. The van der Waals surface area contributed by atoms with Gasteiger partial charge in [-0.3, -0.25) is 9.79 Å². The zero-order chi connectivity index (χ0) is 12.4. The molecule has 0 unspecified atom stereocenters. The van der Waals surface area contributed by atoms with Crippen LogP contribution in [0.3, 0.4) is 0 Å². The molecule has 0 saturated carbocycles. The molecule has 5 heteroatoms. The summed E-state index contributed by atoms with van der Waals surface area (Å²) in [6.45, 7) is 0. The maximum Gasteiger partial charge on any atom is 0.256 e. The van der Waals surface area contributed by atoms with E-state index < -0.39 is 0 Å². The fourth-order valence-corrected chi connectivity index (χ4v) is 1.78. The Bertz CT molecular complexity index is 622. The van der Waals surface area contributed by atoms with Crippen molar-refractivity contribution in [3.63, 3.8) is 0 Å². The number of nitrogens with one attached hydrogen (secondary N) is 1. The molecule has 0 fully saturated rings. The molecule has 88 valence electrons. The lowest BCUT2D eigenvalue weighted by molar-refractivity contribution is 0.102. The number of amides is 1. The Morgan fingerprint density at radius 1 is 1.17 bits per heavy atom. The van der Waals surface area contributed by atoms with E-state index in [9.17, 15) is 4.79 Å². The topological polar surface area (TPSA) is 67.2 Å². The summed E-state index contributed by atoms with van der Waals surface area (Å²) in [5.74, 6) is 0.265. The van der Waals surface area contributed by atoms with Crippen molar-refractivity contribution in [2.24, 2.45) is 4.99 Å². The molecule has 1 amide bonds. The molecule has 5 nitrogen and oxygen atoms in total. The summed E-state index contributed by atoms with van der Waals surface area (Å²) in [4.78, 5) is 24.3. The fraction of sp³-hybridized carbons (Fsp3) is 0.0769. The second-order valence-electron chi connectivity index (χ2n) is 3.85. The molecule has 1 N–H and O–H groups in total. The second-order valence-corrected chi connectivity index (χ2v) is 3.85. The predicted molar refractivity (Wildman–Crippen MR) is 68.3 cm³/mol. The third-order valence-electron chi connectivity index (χ3n) is 2.67. The molecule has 0 bridgehead atoms. The van der Waals surface area contributed by atoms with Crippen LogP contribution in [-0.4, -0.2) is 22.1 Å². The summed E-state index contributed by atoms with van der Waals surface area (Å²) in [7, 11) is 0. The van der Waals surface area contributed by atoms with Crippen LogP contribution in [0.4, 0.5) is 11.5 Å². The van der Waals surface area contributed by atoms with Gasteiger partial charge in [0.25, 0.3) is 5.91 Å². The van der Waals surface area contributed by atoms with Crippen LogP contribution < -0.4 is 5.32 Å². The molecule has 0 aliphatic carbocycles. The second kappa shape index (κ2) is 4.37. The Morgan fingerprint density at radius 3 is 2.83 bits per heavy atom. The maximum atomic E-state index is 12.0. The van der Waals surface area contributed by atoms with Crippen molar-refractivity contribution in [1.82, 2.24) is 9.97 Å². The SMILES string of the molecule is O=C(Nc1ncnc2c1N=CC2)c1ccccc1. The number of carbonyl (C=O) groups is 1. The first-order valence-corrected chi connectivity index (χ1v) is 5.57. The van der Waals surface area contributed by atoms with Crippen LogP contribution in [0.2, 0.25) is 0 Å². The Balaban J connectivity index is 1.88. The molecule has 0 saturated heterocycles. The van der Waals surface area contributed by atoms with E-state index in [0.29, 0.717) is 23.5 Å². The summed E-state index contributed by atoms with van der Waals surface area (Å²) in [6.07, 6.45) is 3.89.